The molecule has 0 saturated carbocycles. The molecule has 2 N–H and O–H groups in total. The Morgan fingerprint density at radius 1 is 0.933 bits per heavy atom. The number of benzene rings is 3. The molecule has 7 heteroatoms. The molecule has 0 fully saturated rings. The molecule has 146 valence electrons. The molecule has 1 amide bonds. The van der Waals surface area contributed by atoms with Crippen molar-refractivity contribution in [3.8, 4) is 11.4 Å². The van der Waals surface area contributed by atoms with Crippen LogP contribution < -0.4 is 5.32 Å². The quantitative estimate of drug-likeness (QED) is 0.349. The lowest BCUT2D eigenvalue weighted by Crippen LogP contribution is -2.13. The number of nitrogens with one attached hydrogen (secondary N) is 2. The number of H-pyrrole nitrogens is 1. The van der Waals surface area contributed by atoms with Crippen molar-refractivity contribution in [2.24, 2.45) is 0 Å². The highest BCUT2D eigenvalue weighted by Gasteiger charge is 2.15. The van der Waals surface area contributed by atoms with Crippen LogP contribution in [0.2, 0.25) is 10.0 Å². The van der Waals surface area contributed by atoms with Crippen LogP contribution in [0.4, 0.5) is 5.82 Å². The smallest absolute Gasteiger partial charge is 0.256 e. The minimum Gasteiger partial charge on any atom is -0.338 e. The van der Waals surface area contributed by atoms with Crippen molar-refractivity contribution < 1.29 is 4.79 Å². The van der Waals surface area contributed by atoms with Gasteiger partial charge in [-0.05, 0) is 41.8 Å². The molecule has 0 radical (unpaired) electrons. The van der Waals surface area contributed by atoms with Crippen LogP contribution in [-0.4, -0.2) is 20.9 Å². The van der Waals surface area contributed by atoms with Gasteiger partial charge in [0.2, 0.25) is 0 Å². The number of carbonyl (C=O) groups excluding carboxylic acids is 1. The summed E-state index contributed by atoms with van der Waals surface area (Å²) in [6.45, 7) is 0. The number of anilines is 1. The number of imidazole rings is 1. The average molecular weight is 433 g/mol. The van der Waals surface area contributed by atoms with Gasteiger partial charge in [0.25, 0.3) is 5.91 Å². The van der Waals surface area contributed by atoms with Crippen molar-refractivity contribution in [2.45, 2.75) is 0 Å². The molecule has 5 nitrogen and oxygen atoms in total. The molecule has 0 spiro atoms. The van der Waals surface area contributed by atoms with E-state index in [2.05, 4.69) is 20.3 Å². The summed E-state index contributed by atoms with van der Waals surface area (Å²) >= 11 is 12.6. The van der Waals surface area contributed by atoms with E-state index in [4.69, 9.17) is 23.2 Å². The van der Waals surface area contributed by atoms with Crippen molar-refractivity contribution in [3.05, 3.63) is 88.5 Å². The zero-order valence-electron chi connectivity index (χ0n) is 15.5. The molecule has 0 saturated heterocycles. The number of amides is 1. The fraction of sp³-hybridized carbons (Fsp3) is 0. The molecular formula is C23H14Cl2N4O. The van der Waals surface area contributed by atoms with Crippen LogP contribution in [0.1, 0.15) is 10.4 Å². The second kappa shape index (κ2) is 7.44. The van der Waals surface area contributed by atoms with Gasteiger partial charge in [0.1, 0.15) is 11.6 Å². The number of halogens is 2. The largest absolute Gasteiger partial charge is 0.338 e. The lowest BCUT2D eigenvalue weighted by Gasteiger charge is -2.07. The van der Waals surface area contributed by atoms with Crippen molar-refractivity contribution in [3.63, 3.8) is 0 Å². The summed E-state index contributed by atoms with van der Waals surface area (Å²) in [4.78, 5) is 24.9. The van der Waals surface area contributed by atoms with Gasteiger partial charge in [-0.3, -0.25) is 4.79 Å². The minimum atomic E-state index is -0.257. The van der Waals surface area contributed by atoms with Crippen molar-refractivity contribution >= 4 is 56.7 Å². The first-order valence-corrected chi connectivity index (χ1v) is 9.95. The number of hydrogen-bond donors (Lipinski definition) is 2. The van der Waals surface area contributed by atoms with E-state index in [0.29, 0.717) is 43.8 Å². The SMILES string of the molecule is O=C(Nc1nccc2ccccc12)c1ccc2nc(-c3c(Cl)cccc3Cl)[nH]c2c1. The first kappa shape index (κ1) is 18.6. The van der Waals surface area contributed by atoms with Gasteiger partial charge >= 0.3 is 0 Å². The van der Waals surface area contributed by atoms with Crippen LogP contribution in [0.3, 0.4) is 0 Å². The van der Waals surface area contributed by atoms with E-state index in [0.717, 1.165) is 10.8 Å². The number of aromatic nitrogens is 3. The number of hydrogen-bond acceptors (Lipinski definition) is 3. The van der Waals surface area contributed by atoms with Gasteiger partial charge < -0.3 is 10.3 Å². The summed E-state index contributed by atoms with van der Waals surface area (Å²) < 4.78 is 0. The average Bonchev–Trinajstić information content (AvgIpc) is 3.16. The number of nitrogens with zero attached hydrogens (tertiary/aromatic N) is 2. The number of rotatable bonds is 3. The van der Waals surface area contributed by atoms with E-state index in [1.54, 1.807) is 42.6 Å². The summed E-state index contributed by atoms with van der Waals surface area (Å²) in [6, 6.07) is 20.2. The van der Waals surface area contributed by atoms with Gasteiger partial charge in [-0.2, -0.15) is 0 Å². The van der Waals surface area contributed by atoms with E-state index in [-0.39, 0.29) is 5.91 Å². The summed E-state index contributed by atoms with van der Waals surface area (Å²) in [5.74, 6) is 0.813. The molecule has 5 rings (SSSR count). The molecule has 5 aromatic rings. The number of pyridine rings is 1. The monoisotopic (exact) mass is 432 g/mol. The van der Waals surface area contributed by atoms with Gasteiger partial charge in [0.05, 0.1) is 26.6 Å². The maximum absolute atomic E-state index is 12.9. The molecule has 3 aromatic carbocycles. The summed E-state index contributed by atoms with van der Waals surface area (Å²) in [5, 5.41) is 5.79. The van der Waals surface area contributed by atoms with E-state index in [1.165, 1.54) is 0 Å². The van der Waals surface area contributed by atoms with Crippen LogP contribution >= 0.6 is 23.2 Å². The normalized spacial score (nSPS) is 11.1. The van der Waals surface area contributed by atoms with Crippen LogP contribution in [0, 0.1) is 0 Å². The van der Waals surface area contributed by atoms with E-state index < -0.39 is 0 Å². The van der Waals surface area contributed by atoms with Crippen LogP contribution in [0.5, 0.6) is 0 Å². The van der Waals surface area contributed by atoms with Crippen LogP contribution in [0.15, 0.2) is 72.9 Å². The molecule has 0 atom stereocenters. The summed E-state index contributed by atoms with van der Waals surface area (Å²) in [5.41, 5.74) is 2.53. The van der Waals surface area contributed by atoms with Gasteiger partial charge in [-0.15, -0.1) is 0 Å². The van der Waals surface area contributed by atoms with E-state index in [1.807, 2.05) is 30.3 Å². The molecule has 0 aliphatic heterocycles. The van der Waals surface area contributed by atoms with Gasteiger partial charge in [0, 0.05) is 17.1 Å². The summed E-state index contributed by atoms with van der Waals surface area (Å²) in [7, 11) is 0. The highest BCUT2D eigenvalue weighted by molar-refractivity contribution is 6.39. The Balaban J connectivity index is 1.50. The molecule has 2 aromatic heterocycles. The molecule has 2 heterocycles. The molecule has 0 aliphatic carbocycles. The van der Waals surface area contributed by atoms with Gasteiger partial charge in [-0.1, -0.05) is 53.5 Å². The minimum absolute atomic E-state index is 0.257. The third-order valence-corrected chi connectivity index (χ3v) is 5.48. The van der Waals surface area contributed by atoms with E-state index >= 15 is 0 Å². The fourth-order valence-electron chi connectivity index (χ4n) is 3.39. The third kappa shape index (κ3) is 3.28. The highest BCUT2D eigenvalue weighted by atomic mass is 35.5. The number of aromatic amines is 1. The summed E-state index contributed by atoms with van der Waals surface area (Å²) in [6.07, 6.45) is 1.68. The Morgan fingerprint density at radius 2 is 1.73 bits per heavy atom. The maximum Gasteiger partial charge on any atom is 0.256 e. The Hall–Kier alpha value is -3.41. The van der Waals surface area contributed by atoms with Crippen molar-refractivity contribution in [1.29, 1.82) is 0 Å². The number of fused-ring (bicyclic) bond motifs is 2. The Morgan fingerprint density at radius 3 is 2.57 bits per heavy atom. The molecule has 0 aliphatic rings. The van der Waals surface area contributed by atoms with E-state index in [9.17, 15) is 4.79 Å². The lowest BCUT2D eigenvalue weighted by molar-refractivity contribution is 0.102. The zero-order valence-corrected chi connectivity index (χ0v) is 17.0. The Kier molecular flexibility index (Phi) is 4.62. The number of carbonyl (C=O) groups is 1. The predicted molar refractivity (Wildman–Crippen MR) is 121 cm³/mol. The highest BCUT2D eigenvalue weighted by Crippen LogP contribution is 2.34. The second-order valence-corrected chi connectivity index (χ2v) is 7.56. The van der Waals surface area contributed by atoms with Gasteiger partial charge in [-0.25, -0.2) is 9.97 Å². The predicted octanol–water partition coefficient (Wildman–Crippen LogP) is 6.34. The van der Waals surface area contributed by atoms with Crippen LogP contribution in [-0.2, 0) is 0 Å². The molecular weight excluding hydrogens is 419 g/mol. The molecule has 0 bridgehead atoms. The topological polar surface area (TPSA) is 70.7 Å². The standard InChI is InChI=1S/C23H14Cl2N4O/c24-16-6-3-7-17(25)20(16)22-27-18-9-8-14(12-19(18)28-22)23(30)29-21-15-5-2-1-4-13(15)10-11-26-21/h1-12H,(H,27,28)(H,26,29,30). The van der Waals surface area contributed by atoms with Gasteiger partial charge in [0.15, 0.2) is 0 Å². The Bertz CT molecular complexity index is 1400. The molecule has 0 unspecified atom stereocenters. The second-order valence-electron chi connectivity index (χ2n) is 6.75. The lowest BCUT2D eigenvalue weighted by atomic mass is 10.1. The Labute approximate surface area is 181 Å². The first-order valence-electron chi connectivity index (χ1n) is 9.19. The molecule has 30 heavy (non-hydrogen) atoms. The maximum atomic E-state index is 12.9. The first-order chi connectivity index (χ1) is 14.6. The van der Waals surface area contributed by atoms with Crippen LogP contribution in [0.25, 0.3) is 33.2 Å². The van der Waals surface area contributed by atoms with Crippen molar-refractivity contribution in [1.82, 2.24) is 15.0 Å². The zero-order chi connectivity index (χ0) is 20.7. The fourth-order valence-corrected chi connectivity index (χ4v) is 3.97. The third-order valence-electron chi connectivity index (χ3n) is 4.85. The van der Waals surface area contributed by atoms with Crippen molar-refractivity contribution in [2.75, 3.05) is 5.32 Å².